The predicted octanol–water partition coefficient (Wildman–Crippen LogP) is 5.22. The molecule has 2 aromatic heterocycles. The Morgan fingerprint density at radius 1 is 1.14 bits per heavy atom. The van der Waals surface area contributed by atoms with Crippen LogP contribution < -0.4 is 5.32 Å². The molecule has 1 amide bonds. The molecular weight excluding hydrogens is 415 g/mol. The number of benzene rings is 2. The number of thiazole rings is 1. The van der Waals surface area contributed by atoms with Gasteiger partial charge in [0.1, 0.15) is 5.82 Å². The van der Waals surface area contributed by atoms with E-state index in [1.807, 2.05) is 23.6 Å². The molecule has 0 aliphatic heterocycles. The van der Waals surface area contributed by atoms with E-state index < -0.39 is 0 Å². The number of carbonyl (C=O) groups is 1. The predicted molar refractivity (Wildman–Crippen MR) is 109 cm³/mol. The quantitative estimate of drug-likeness (QED) is 0.455. The molecule has 146 valence electrons. The average molecular weight is 429 g/mol. The Labute approximate surface area is 174 Å². The number of aryl methyl sites for hydroxylation is 1. The molecule has 29 heavy (non-hydrogen) atoms. The first kappa shape index (κ1) is 19.2. The molecule has 0 saturated heterocycles. The highest BCUT2D eigenvalue weighted by Gasteiger charge is 2.13. The zero-order valence-corrected chi connectivity index (χ0v) is 16.5. The van der Waals surface area contributed by atoms with Gasteiger partial charge < -0.3 is 9.84 Å². The second-order valence-corrected chi connectivity index (χ2v) is 7.35. The second-order valence-electron chi connectivity index (χ2n) is 6.08. The molecule has 0 unspecified atom stereocenters. The van der Waals surface area contributed by atoms with Gasteiger partial charge in [0.15, 0.2) is 5.13 Å². The van der Waals surface area contributed by atoms with Crippen molar-refractivity contribution in [1.82, 2.24) is 15.1 Å². The summed E-state index contributed by atoms with van der Waals surface area (Å²) in [7, 11) is 0. The van der Waals surface area contributed by atoms with E-state index in [1.165, 1.54) is 23.5 Å². The van der Waals surface area contributed by atoms with Crippen molar-refractivity contribution in [1.29, 1.82) is 0 Å². The number of nitrogens with one attached hydrogen (secondary N) is 1. The summed E-state index contributed by atoms with van der Waals surface area (Å²) in [5.74, 6) is 0.126. The van der Waals surface area contributed by atoms with Gasteiger partial charge in [0.2, 0.25) is 17.6 Å². The zero-order chi connectivity index (χ0) is 20.2. The van der Waals surface area contributed by atoms with Crippen LogP contribution in [0.15, 0.2) is 58.4 Å². The van der Waals surface area contributed by atoms with Crippen LogP contribution in [0, 0.1) is 5.82 Å². The lowest BCUT2D eigenvalue weighted by molar-refractivity contribution is -0.116. The van der Waals surface area contributed by atoms with Gasteiger partial charge >= 0.3 is 0 Å². The van der Waals surface area contributed by atoms with Crippen LogP contribution in [0.5, 0.6) is 0 Å². The standard InChI is InChI=1S/C20H14ClFN4O2S/c21-15-4-2-1-3-14(15)16-11-29-20(23-16)24-17(27)9-10-18-25-19(26-28-18)12-5-7-13(22)8-6-12/h1-8,11H,9-10H2,(H,23,24,27). The first-order valence-electron chi connectivity index (χ1n) is 8.67. The molecule has 0 fully saturated rings. The van der Waals surface area contributed by atoms with Crippen molar-refractivity contribution in [3.63, 3.8) is 0 Å². The minimum atomic E-state index is -0.339. The number of anilines is 1. The lowest BCUT2D eigenvalue weighted by Crippen LogP contribution is -2.12. The molecule has 6 nitrogen and oxygen atoms in total. The summed E-state index contributed by atoms with van der Waals surface area (Å²) in [6.07, 6.45) is 0.439. The molecule has 0 saturated carbocycles. The summed E-state index contributed by atoms with van der Waals surface area (Å²) >= 11 is 7.50. The number of amides is 1. The fourth-order valence-corrected chi connectivity index (χ4v) is 3.56. The fraction of sp³-hybridized carbons (Fsp3) is 0.100. The highest BCUT2D eigenvalue weighted by molar-refractivity contribution is 7.14. The zero-order valence-electron chi connectivity index (χ0n) is 14.9. The van der Waals surface area contributed by atoms with Crippen LogP contribution in [0.1, 0.15) is 12.3 Å². The van der Waals surface area contributed by atoms with E-state index in [0.29, 0.717) is 33.1 Å². The van der Waals surface area contributed by atoms with E-state index in [0.717, 1.165) is 5.56 Å². The number of aromatic nitrogens is 3. The minimum Gasteiger partial charge on any atom is -0.339 e. The first-order chi connectivity index (χ1) is 14.1. The number of hydrogen-bond acceptors (Lipinski definition) is 6. The van der Waals surface area contributed by atoms with Gasteiger partial charge in [-0.1, -0.05) is 35.0 Å². The second kappa shape index (κ2) is 8.50. The molecule has 0 atom stereocenters. The summed E-state index contributed by atoms with van der Waals surface area (Å²) in [5, 5.41) is 9.55. The normalized spacial score (nSPS) is 10.8. The summed E-state index contributed by atoms with van der Waals surface area (Å²) in [6, 6.07) is 13.2. The van der Waals surface area contributed by atoms with Gasteiger partial charge in [0.05, 0.1) is 5.69 Å². The van der Waals surface area contributed by atoms with E-state index >= 15 is 0 Å². The largest absolute Gasteiger partial charge is 0.339 e. The Hall–Kier alpha value is -3.10. The number of nitrogens with zero attached hydrogens (tertiary/aromatic N) is 3. The smallest absolute Gasteiger partial charge is 0.227 e. The maximum Gasteiger partial charge on any atom is 0.227 e. The molecular formula is C20H14ClFN4O2S. The van der Waals surface area contributed by atoms with Crippen molar-refractivity contribution in [2.24, 2.45) is 0 Å². The van der Waals surface area contributed by atoms with Crippen LogP contribution in [-0.4, -0.2) is 21.0 Å². The summed E-state index contributed by atoms with van der Waals surface area (Å²) in [6.45, 7) is 0. The molecule has 0 aliphatic carbocycles. The van der Waals surface area contributed by atoms with Crippen LogP contribution in [-0.2, 0) is 11.2 Å². The number of carbonyl (C=O) groups excluding carboxylic acids is 1. The first-order valence-corrected chi connectivity index (χ1v) is 9.93. The molecule has 1 N–H and O–H groups in total. The van der Waals surface area contributed by atoms with Crippen LogP contribution in [0.4, 0.5) is 9.52 Å². The van der Waals surface area contributed by atoms with Crippen molar-refractivity contribution in [3.8, 4) is 22.6 Å². The van der Waals surface area contributed by atoms with Gasteiger partial charge in [-0.2, -0.15) is 4.98 Å². The average Bonchev–Trinajstić information content (AvgIpc) is 3.37. The Morgan fingerprint density at radius 3 is 2.72 bits per heavy atom. The van der Waals surface area contributed by atoms with Crippen molar-refractivity contribution in [2.45, 2.75) is 12.8 Å². The molecule has 0 radical (unpaired) electrons. The molecule has 0 spiro atoms. The third-order valence-electron chi connectivity index (χ3n) is 4.04. The van der Waals surface area contributed by atoms with E-state index in [2.05, 4.69) is 20.4 Å². The lowest BCUT2D eigenvalue weighted by atomic mass is 10.2. The Morgan fingerprint density at radius 2 is 1.93 bits per heavy atom. The molecule has 4 aromatic rings. The molecule has 0 bridgehead atoms. The topological polar surface area (TPSA) is 80.9 Å². The van der Waals surface area contributed by atoms with Gasteiger partial charge in [0, 0.05) is 34.4 Å². The van der Waals surface area contributed by atoms with Crippen LogP contribution in [0.2, 0.25) is 5.02 Å². The fourth-order valence-electron chi connectivity index (χ4n) is 2.60. The van der Waals surface area contributed by atoms with Crippen molar-refractivity contribution < 1.29 is 13.7 Å². The van der Waals surface area contributed by atoms with Gasteiger partial charge in [-0.25, -0.2) is 9.37 Å². The van der Waals surface area contributed by atoms with E-state index in [4.69, 9.17) is 16.1 Å². The van der Waals surface area contributed by atoms with Gasteiger partial charge in [0.25, 0.3) is 0 Å². The molecule has 4 rings (SSSR count). The third kappa shape index (κ3) is 4.67. The molecule has 2 heterocycles. The molecule has 2 aromatic carbocycles. The van der Waals surface area contributed by atoms with Crippen molar-refractivity contribution >= 4 is 34.0 Å². The van der Waals surface area contributed by atoms with Crippen molar-refractivity contribution in [2.75, 3.05) is 5.32 Å². The van der Waals surface area contributed by atoms with Crippen molar-refractivity contribution in [3.05, 3.63) is 70.6 Å². The van der Waals surface area contributed by atoms with E-state index in [-0.39, 0.29) is 24.6 Å². The van der Waals surface area contributed by atoms with Crippen LogP contribution in [0.3, 0.4) is 0 Å². The van der Waals surface area contributed by atoms with Crippen LogP contribution >= 0.6 is 22.9 Å². The summed E-state index contributed by atoms with van der Waals surface area (Å²) in [5.41, 5.74) is 2.16. The Bertz CT molecular complexity index is 1140. The maximum atomic E-state index is 13.0. The highest BCUT2D eigenvalue weighted by Crippen LogP contribution is 2.30. The van der Waals surface area contributed by atoms with Gasteiger partial charge in [-0.05, 0) is 30.3 Å². The monoisotopic (exact) mass is 428 g/mol. The minimum absolute atomic E-state index is 0.159. The van der Waals surface area contributed by atoms with E-state index in [1.54, 1.807) is 18.2 Å². The van der Waals surface area contributed by atoms with E-state index in [9.17, 15) is 9.18 Å². The number of rotatable bonds is 6. The Balaban J connectivity index is 1.34. The molecule has 0 aliphatic rings. The lowest BCUT2D eigenvalue weighted by Gasteiger charge is -2.00. The molecule has 9 heteroatoms. The SMILES string of the molecule is O=C(CCc1nc(-c2ccc(F)cc2)no1)Nc1nc(-c2ccccc2Cl)cs1. The van der Waals surface area contributed by atoms with Gasteiger partial charge in [-0.3, -0.25) is 4.79 Å². The third-order valence-corrected chi connectivity index (χ3v) is 5.12. The van der Waals surface area contributed by atoms with Crippen LogP contribution in [0.25, 0.3) is 22.6 Å². The number of hydrogen-bond donors (Lipinski definition) is 1. The van der Waals surface area contributed by atoms with Gasteiger partial charge in [-0.15, -0.1) is 11.3 Å². The summed E-state index contributed by atoms with van der Waals surface area (Å²) < 4.78 is 18.2. The number of halogens is 2. The Kier molecular flexibility index (Phi) is 5.64. The summed E-state index contributed by atoms with van der Waals surface area (Å²) in [4.78, 5) is 20.9. The highest BCUT2D eigenvalue weighted by atomic mass is 35.5. The maximum absolute atomic E-state index is 13.0.